The molecule has 1 aliphatic rings. The van der Waals surface area contributed by atoms with Crippen LogP contribution in [0.1, 0.15) is 30.0 Å². The van der Waals surface area contributed by atoms with Gasteiger partial charge in [-0.15, -0.1) is 6.42 Å². The van der Waals surface area contributed by atoms with E-state index in [0.717, 1.165) is 37.3 Å². The largest absolute Gasteiger partial charge is 0.381 e. The maximum absolute atomic E-state index is 5.44. The molecule has 1 saturated heterocycles. The number of hydrogen-bond donors (Lipinski definition) is 0. The summed E-state index contributed by atoms with van der Waals surface area (Å²) in [5.74, 6) is 3.17. The number of nitrogens with zero attached hydrogens (tertiary/aromatic N) is 2. The standard InChI is InChI=1S/C11H14N2O/c1-3-9-8-13(2)12-11(9)10-4-6-14-7-5-10/h1,8,10H,4-7H2,2H3. The van der Waals surface area contributed by atoms with Gasteiger partial charge in [-0.1, -0.05) is 5.92 Å². The Bertz CT molecular complexity index is 356. The van der Waals surface area contributed by atoms with Crippen molar-refractivity contribution in [3.05, 3.63) is 17.5 Å². The molecule has 1 aliphatic heterocycles. The highest BCUT2D eigenvalue weighted by Crippen LogP contribution is 2.27. The Kier molecular flexibility index (Phi) is 2.55. The molecule has 1 fully saturated rings. The van der Waals surface area contributed by atoms with Crippen LogP contribution in [0.25, 0.3) is 0 Å². The number of ether oxygens (including phenoxy) is 1. The van der Waals surface area contributed by atoms with Crippen LogP contribution in [0.4, 0.5) is 0 Å². The molecule has 14 heavy (non-hydrogen) atoms. The molecule has 3 nitrogen and oxygen atoms in total. The number of hydrogen-bond acceptors (Lipinski definition) is 2. The first kappa shape index (κ1) is 9.29. The fourth-order valence-corrected chi connectivity index (χ4v) is 1.89. The molecule has 0 unspecified atom stereocenters. The van der Waals surface area contributed by atoms with Crippen LogP contribution in [-0.4, -0.2) is 23.0 Å². The third kappa shape index (κ3) is 1.66. The molecule has 0 saturated carbocycles. The Morgan fingerprint density at radius 2 is 2.29 bits per heavy atom. The molecule has 74 valence electrons. The monoisotopic (exact) mass is 190 g/mol. The molecule has 0 atom stereocenters. The van der Waals surface area contributed by atoms with E-state index in [1.807, 2.05) is 13.2 Å². The summed E-state index contributed by atoms with van der Waals surface area (Å²) in [4.78, 5) is 0. The van der Waals surface area contributed by atoms with E-state index in [1.54, 1.807) is 4.68 Å². The number of aromatic nitrogens is 2. The molecule has 0 aromatic carbocycles. The summed E-state index contributed by atoms with van der Waals surface area (Å²) in [7, 11) is 1.91. The SMILES string of the molecule is C#Cc1cn(C)nc1C1CCOCC1. The van der Waals surface area contributed by atoms with Gasteiger partial charge in [0.05, 0.1) is 11.3 Å². The third-order valence-electron chi connectivity index (χ3n) is 2.62. The van der Waals surface area contributed by atoms with Crippen LogP contribution in [0.3, 0.4) is 0 Å². The zero-order chi connectivity index (χ0) is 9.97. The molecule has 2 rings (SSSR count). The van der Waals surface area contributed by atoms with E-state index in [4.69, 9.17) is 11.2 Å². The maximum Gasteiger partial charge on any atom is 0.0813 e. The van der Waals surface area contributed by atoms with Crippen LogP contribution in [-0.2, 0) is 11.8 Å². The van der Waals surface area contributed by atoms with Crippen molar-refractivity contribution in [3.63, 3.8) is 0 Å². The molecule has 0 radical (unpaired) electrons. The summed E-state index contributed by atoms with van der Waals surface area (Å²) in [5, 5.41) is 4.42. The fourth-order valence-electron chi connectivity index (χ4n) is 1.89. The van der Waals surface area contributed by atoms with Gasteiger partial charge in [-0.05, 0) is 12.8 Å². The van der Waals surface area contributed by atoms with E-state index >= 15 is 0 Å². The second-order valence-electron chi connectivity index (χ2n) is 3.63. The summed E-state index contributed by atoms with van der Waals surface area (Å²) in [6.45, 7) is 1.65. The predicted octanol–water partition coefficient (Wildman–Crippen LogP) is 1.30. The lowest BCUT2D eigenvalue weighted by molar-refractivity contribution is 0.0843. The van der Waals surface area contributed by atoms with E-state index in [0.29, 0.717) is 5.92 Å². The second-order valence-corrected chi connectivity index (χ2v) is 3.63. The van der Waals surface area contributed by atoms with Gasteiger partial charge in [0, 0.05) is 32.4 Å². The minimum absolute atomic E-state index is 0.482. The molecule has 0 spiro atoms. The number of aryl methyl sites for hydroxylation is 1. The molecule has 0 amide bonds. The zero-order valence-electron chi connectivity index (χ0n) is 8.36. The van der Waals surface area contributed by atoms with Crippen molar-refractivity contribution in [3.8, 4) is 12.3 Å². The fraction of sp³-hybridized carbons (Fsp3) is 0.545. The van der Waals surface area contributed by atoms with Crippen molar-refractivity contribution in [2.75, 3.05) is 13.2 Å². The highest BCUT2D eigenvalue weighted by Gasteiger charge is 2.21. The summed E-state index contributed by atoms with van der Waals surface area (Å²) >= 11 is 0. The van der Waals surface area contributed by atoms with Crippen molar-refractivity contribution in [2.24, 2.45) is 7.05 Å². The van der Waals surface area contributed by atoms with Crippen LogP contribution in [0.2, 0.25) is 0 Å². The smallest absolute Gasteiger partial charge is 0.0813 e. The van der Waals surface area contributed by atoms with Crippen LogP contribution >= 0.6 is 0 Å². The Morgan fingerprint density at radius 1 is 1.57 bits per heavy atom. The van der Waals surface area contributed by atoms with Crippen molar-refractivity contribution < 1.29 is 4.74 Å². The second kappa shape index (κ2) is 3.85. The molecular formula is C11H14N2O. The van der Waals surface area contributed by atoms with E-state index in [1.165, 1.54) is 0 Å². The van der Waals surface area contributed by atoms with E-state index in [2.05, 4.69) is 11.0 Å². The van der Waals surface area contributed by atoms with Crippen LogP contribution < -0.4 is 0 Å². The van der Waals surface area contributed by atoms with Crippen molar-refractivity contribution in [1.29, 1.82) is 0 Å². The molecular weight excluding hydrogens is 176 g/mol. The van der Waals surface area contributed by atoms with Gasteiger partial charge in [-0.3, -0.25) is 4.68 Å². The molecule has 1 aromatic heterocycles. The molecule has 0 bridgehead atoms. The normalized spacial score (nSPS) is 18.0. The van der Waals surface area contributed by atoms with Gasteiger partial charge < -0.3 is 4.74 Å². The van der Waals surface area contributed by atoms with E-state index < -0.39 is 0 Å². The van der Waals surface area contributed by atoms with Gasteiger partial charge in [0.2, 0.25) is 0 Å². The van der Waals surface area contributed by atoms with Gasteiger partial charge in [-0.2, -0.15) is 5.10 Å². The van der Waals surface area contributed by atoms with E-state index in [9.17, 15) is 0 Å². The lowest BCUT2D eigenvalue weighted by atomic mass is 9.94. The number of terminal acetylenes is 1. The predicted molar refractivity (Wildman–Crippen MR) is 53.9 cm³/mol. The summed E-state index contributed by atoms with van der Waals surface area (Å²) in [6.07, 6.45) is 9.41. The summed E-state index contributed by atoms with van der Waals surface area (Å²) < 4.78 is 7.11. The average molecular weight is 190 g/mol. The van der Waals surface area contributed by atoms with Crippen LogP contribution in [0.15, 0.2) is 6.20 Å². The van der Waals surface area contributed by atoms with E-state index in [-0.39, 0.29) is 0 Å². The molecule has 1 aromatic rings. The first-order valence-corrected chi connectivity index (χ1v) is 4.89. The van der Waals surface area contributed by atoms with Crippen LogP contribution in [0, 0.1) is 12.3 Å². The Hall–Kier alpha value is -1.27. The van der Waals surface area contributed by atoms with Gasteiger partial charge >= 0.3 is 0 Å². The van der Waals surface area contributed by atoms with Gasteiger partial charge in [0.1, 0.15) is 0 Å². The lowest BCUT2D eigenvalue weighted by Crippen LogP contribution is -2.15. The molecule has 0 N–H and O–H groups in total. The highest BCUT2D eigenvalue weighted by atomic mass is 16.5. The van der Waals surface area contributed by atoms with Crippen LogP contribution in [0.5, 0.6) is 0 Å². The summed E-state index contributed by atoms with van der Waals surface area (Å²) in [5.41, 5.74) is 2.00. The van der Waals surface area contributed by atoms with Gasteiger partial charge in [0.15, 0.2) is 0 Å². The Morgan fingerprint density at radius 3 is 2.93 bits per heavy atom. The number of rotatable bonds is 1. The molecule has 3 heteroatoms. The van der Waals surface area contributed by atoms with Gasteiger partial charge in [-0.25, -0.2) is 0 Å². The Labute approximate surface area is 84.1 Å². The lowest BCUT2D eigenvalue weighted by Gasteiger charge is -2.20. The highest BCUT2D eigenvalue weighted by molar-refractivity contribution is 5.36. The molecule has 2 heterocycles. The molecule has 0 aliphatic carbocycles. The maximum atomic E-state index is 5.44. The van der Waals surface area contributed by atoms with Crippen molar-refractivity contribution >= 4 is 0 Å². The average Bonchev–Trinajstić information content (AvgIpc) is 2.61. The third-order valence-corrected chi connectivity index (χ3v) is 2.62. The topological polar surface area (TPSA) is 27.1 Å². The minimum atomic E-state index is 0.482. The quantitative estimate of drug-likeness (QED) is 0.624. The first-order chi connectivity index (χ1) is 6.81. The first-order valence-electron chi connectivity index (χ1n) is 4.89. The minimum Gasteiger partial charge on any atom is -0.381 e. The Balaban J connectivity index is 2.25. The van der Waals surface area contributed by atoms with Crippen molar-refractivity contribution in [1.82, 2.24) is 9.78 Å². The zero-order valence-corrected chi connectivity index (χ0v) is 8.36. The van der Waals surface area contributed by atoms with Crippen molar-refractivity contribution in [2.45, 2.75) is 18.8 Å². The van der Waals surface area contributed by atoms with Gasteiger partial charge in [0.25, 0.3) is 0 Å². The summed E-state index contributed by atoms with van der Waals surface area (Å²) in [6, 6.07) is 0.